The van der Waals surface area contributed by atoms with E-state index in [0.717, 1.165) is 41.9 Å². The summed E-state index contributed by atoms with van der Waals surface area (Å²) in [6.07, 6.45) is 1.30. The number of furan rings is 1. The lowest BCUT2D eigenvalue weighted by Crippen LogP contribution is -2.27. The SMILES string of the molecule is CN(C)c1n[nH]c([C@H]2C[C@H](CNCc3cc4ccccc4o3)[C@H](O)C2)n1. The third-order valence-electron chi connectivity index (χ3n) is 5.12. The van der Waals surface area contributed by atoms with Gasteiger partial charge in [0.1, 0.15) is 17.2 Å². The van der Waals surface area contributed by atoms with E-state index in [0.29, 0.717) is 12.5 Å². The van der Waals surface area contributed by atoms with Gasteiger partial charge in [0.15, 0.2) is 0 Å². The van der Waals surface area contributed by atoms with Crippen LogP contribution in [0, 0.1) is 5.92 Å². The number of aliphatic hydroxyl groups is 1. The largest absolute Gasteiger partial charge is 0.460 e. The molecular weight excluding hydrogens is 330 g/mol. The highest BCUT2D eigenvalue weighted by Gasteiger charge is 2.35. The minimum atomic E-state index is -0.323. The van der Waals surface area contributed by atoms with Crippen LogP contribution in [0.25, 0.3) is 11.0 Å². The van der Waals surface area contributed by atoms with Crippen LogP contribution in [0.3, 0.4) is 0 Å². The number of hydrogen-bond acceptors (Lipinski definition) is 6. The Kier molecular flexibility index (Phi) is 4.65. The van der Waals surface area contributed by atoms with Crippen molar-refractivity contribution in [3.05, 3.63) is 41.9 Å². The predicted octanol–water partition coefficient (Wildman–Crippen LogP) is 2.26. The number of nitrogens with zero attached hydrogens (tertiary/aromatic N) is 3. The van der Waals surface area contributed by atoms with Gasteiger partial charge in [-0.05, 0) is 30.9 Å². The normalized spacial score (nSPS) is 23.0. The molecular formula is C19H25N5O2. The third kappa shape index (κ3) is 3.45. The van der Waals surface area contributed by atoms with Crippen molar-refractivity contribution in [2.75, 3.05) is 25.5 Å². The molecule has 7 heteroatoms. The number of anilines is 1. The highest BCUT2D eigenvalue weighted by molar-refractivity contribution is 5.77. The molecule has 0 bridgehead atoms. The average Bonchev–Trinajstić information content (AvgIpc) is 3.32. The van der Waals surface area contributed by atoms with Crippen LogP contribution >= 0.6 is 0 Å². The summed E-state index contributed by atoms with van der Waals surface area (Å²) in [5.74, 6) is 2.90. The van der Waals surface area contributed by atoms with Crippen molar-refractivity contribution in [3.8, 4) is 0 Å². The smallest absolute Gasteiger partial charge is 0.244 e. The molecule has 4 rings (SSSR count). The van der Waals surface area contributed by atoms with E-state index in [-0.39, 0.29) is 17.9 Å². The Bertz CT molecular complexity index is 839. The van der Waals surface area contributed by atoms with Gasteiger partial charge < -0.3 is 19.7 Å². The minimum absolute atomic E-state index is 0.206. The molecule has 0 radical (unpaired) electrons. The van der Waals surface area contributed by atoms with Crippen LogP contribution < -0.4 is 10.2 Å². The number of aliphatic hydroxyl groups excluding tert-OH is 1. The van der Waals surface area contributed by atoms with Crippen molar-refractivity contribution in [1.82, 2.24) is 20.5 Å². The molecule has 1 saturated carbocycles. The van der Waals surface area contributed by atoms with Crippen molar-refractivity contribution in [2.24, 2.45) is 5.92 Å². The Morgan fingerprint density at radius 1 is 1.31 bits per heavy atom. The summed E-state index contributed by atoms with van der Waals surface area (Å²) in [6, 6.07) is 10.1. The molecule has 2 aromatic heterocycles. The van der Waals surface area contributed by atoms with Crippen LogP contribution in [0.2, 0.25) is 0 Å². The summed E-state index contributed by atoms with van der Waals surface area (Å²) in [5.41, 5.74) is 0.910. The zero-order valence-corrected chi connectivity index (χ0v) is 15.1. The van der Waals surface area contributed by atoms with Crippen molar-refractivity contribution < 1.29 is 9.52 Å². The zero-order chi connectivity index (χ0) is 18.1. The molecule has 3 atom stereocenters. The second kappa shape index (κ2) is 7.09. The Labute approximate surface area is 152 Å². The first-order valence-corrected chi connectivity index (χ1v) is 9.06. The molecule has 0 amide bonds. The fourth-order valence-electron chi connectivity index (χ4n) is 3.70. The van der Waals surface area contributed by atoms with Gasteiger partial charge in [-0.15, -0.1) is 5.10 Å². The first-order valence-electron chi connectivity index (χ1n) is 9.06. The number of benzene rings is 1. The van der Waals surface area contributed by atoms with Gasteiger partial charge in [-0.25, -0.2) is 0 Å². The number of aromatic amines is 1. The third-order valence-corrected chi connectivity index (χ3v) is 5.12. The standard InChI is InChI=1S/C19H25N5O2/c1-24(2)19-21-18(22-23-19)13-7-14(16(25)9-13)10-20-11-15-8-12-5-3-4-6-17(12)26-15/h3-6,8,13-14,16,20,25H,7,9-11H2,1-2H3,(H,21,22,23)/t13-,14+,16+/m0/s1. The second-order valence-corrected chi connectivity index (χ2v) is 7.29. The predicted molar refractivity (Wildman–Crippen MR) is 100 cm³/mol. The lowest BCUT2D eigenvalue weighted by molar-refractivity contribution is 0.130. The highest BCUT2D eigenvalue weighted by atomic mass is 16.3. The topological polar surface area (TPSA) is 90.2 Å². The maximum absolute atomic E-state index is 10.4. The number of fused-ring (bicyclic) bond motifs is 1. The van der Waals surface area contributed by atoms with Crippen LogP contribution in [-0.2, 0) is 6.54 Å². The van der Waals surface area contributed by atoms with Gasteiger partial charge in [0, 0.05) is 31.9 Å². The molecule has 7 nitrogen and oxygen atoms in total. The van der Waals surface area contributed by atoms with E-state index in [2.05, 4.69) is 26.6 Å². The van der Waals surface area contributed by atoms with Gasteiger partial charge in [0.05, 0.1) is 12.6 Å². The van der Waals surface area contributed by atoms with Crippen molar-refractivity contribution in [3.63, 3.8) is 0 Å². The van der Waals surface area contributed by atoms with E-state index in [4.69, 9.17) is 4.42 Å². The average molecular weight is 355 g/mol. The summed E-state index contributed by atoms with van der Waals surface area (Å²) in [6.45, 7) is 1.42. The van der Waals surface area contributed by atoms with Crippen LogP contribution in [0.4, 0.5) is 5.95 Å². The van der Waals surface area contributed by atoms with Crippen LogP contribution in [0.1, 0.15) is 30.3 Å². The number of hydrogen-bond donors (Lipinski definition) is 3. The molecule has 26 heavy (non-hydrogen) atoms. The summed E-state index contributed by atoms with van der Waals surface area (Å²) >= 11 is 0. The van der Waals surface area contributed by atoms with Crippen molar-refractivity contribution in [1.29, 1.82) is 0 Å². The highest BCUT2D eigenvalue weighted by Crippen LogP contribution is 2.37. The maximum Gasteiger partial charge on any atom is 0.244 e. The second-order valence-electron chi connectivity index (χ2n) is 7.29. The van der Waals surface area contributed by atoms with Crippen LogP contribution in [0.15, 0.2) is 34.7 Å². The molecule has 0 aliphatic heterocycles. The molecule has 2 heterocycles. The summed E-state index contributed by atoms with van der Waals surface area (Å²) in [4.78, 5) is 6.40. The molecule has 1 fully saturated rings. The van der Waals surface area contributed by atoms with Crippen LogP contribution in [0.5, 0.6) is 0 Å². The minimum Gasteiger partial charge on any atom is -0.460 e. The number of nitrogens with one attached hydrogen (secondary N) is 2. The molecule has 1 aliphatic carbocycles. The number of aromatic nitrogens is 3. The van der Waals surface area contributed by atoms with Gasteiger partial charge in [-0.1, -0.05) is 18.2 Å². The Morgan fingerprint density at radius 2 is 2.15 bits per heavy atom. The molecule has 0 unspecified atom stereocenters. The van der Waals surface area contributed by atoms with Gasteiger partial charge >= 0.3 is 0 Å². The lowest BCUT2D eigenvalue weighted by Gasteiger charge is -2.14. The fourth-order valence-corrected chi connectivity index (χ4v) is 3.70. The van der Waals surface area contributed by atoms with E-state index < -0.39 is 0 Å². The zero-order valence-electron chi connectivity index (χ0n) is 15.1. The first-order chi connectivity index (χ1) is 12.6. The van der Waals surface area contributed by atoms with Gasteiger partial charge in [-0.3, -0.25) is 5.10 Å². The quantitative estimate of drug-likeness (QED) is 0.628. The summed E-state index contributed by atoms with van der Waals surface area (Å²) in [7, 11) is 3.84. The number of H-pyrrole nitrogens is 1. The number of para-hydroxylation sites is 1. The van der Waals surface area contributed by atoms with Crippen molar-refractivity contribution in [2.45, 2.75) is 31.4 Å². The van der Waals surface area contributed by atoms with E-state index >= 15 is 0 Å². The molecule has 138 valence electrons. The Morgan fingerprint density at radius 3 is 2.92 bits per heavy atom. The van der Waals surface area contributed by atoms with Crippen LogP contribution in [-0.4, -0.2) is 47.0 Å². The summed E-state index contributed by atoms with van der Waals surface area (Å²) < 4.78 is 5.82. The van der Waals surface area contributed by atoms with E-state index in [9.17, 15) is 5.11 Å². The fraction of sp³-hybridized carbons (Fsp3) is 0.474. The van der Waals surface area contributed by atoms with Crippen molar-refractivity contribution >= 4 is 16.9 Å². The van der Waals surface area contributed by atoms with Gasteiger partial charge in [0.25, 0.3) is 0 Å². The van der Waals surface area contributed by atoms with E-state index in [1.54, 1.807) is 0 Å². The lowest BCUT2D eigenvalue weighted by atomic mass is 10.0. The van der Waals surface area contributed by atoms with Gasteiger partial charge in [0.2, 0.25) is 5.95 Å². The number of rotatable bonds is 6. The Hall–Kier alpha value is -2.38. The maximum atomic E-state index is 10.4. The summed E-state index contributed by atoms with van der Waals surface area (Å²) in [5, 5.41) is 22.2. The molecule has 1 aliphatic rings. The molecule has 3 aromatic rings. The molecule has 1 aromatic carbocycles. The molecule has 0 spiro atoms. The molecule has 3 N–H and O–H groups in total. The van der Waals surface area contributed by atoms with Gasteiger partial charge in [-0.2, -0.15) is 4.98 Å². The molecule has 0 saturated heterocycles. The van der Waals surface area contributed by atoms with E-state index in [1.165, 1.54) is 0 Å². The Balaban J connectivity index is 1.32. The first kappa shape index (κ1) is 17.1. The van der Waals surface area contributed by atoms with E-state index in [1.807, 2.05) is 43.3 Å². The monoisotopic (exact) mass is 355 g/mol.